The van der Waals surface area contributed by atoms with Crippen LogP contribution in [-0.2, 0) is 26.5 Å². The van der Waals surface area contributed by atoms with Gasteiger partial charge in [-0.3, -0.25) is 0 Å². The molecule has 48 heavy (non-hydrogen) atoms. The van der Waals surface area contributed by atoms with Gasteiger partial charge in [0.2, 0.25) is 0 Å². The molecule has 3 aromatic heterocycles. The molecule has 0 aliphatic rings. The summed E-state index contributed by atoms with van der Waals surface area (Å²) in [4.78, 5) is 8.97. The topological polar surface area (TPSA) is 38.9 Å². The minimum absolute atomic E-state index is 0. The fourth-order valence-corrected chi connectivity index (χ4v) is 6.48. The van der Waals surface area contributed by atoms with Crippen LogP contribution < -0.4 is 5.19 Å². The summed E-state index contributed by atoms with van der Waals surface area (Å²) in [7, 11) is -1.23. The van der Waals surface area contributed by atoms with Gasteiger partial charge >= 0.3 is 0 Å². The summed E-state index contributed by atoms with van der Waals surface area (Å²) in [6.45, 7) is 10.2. The zero-order valence-corrected chi connectivity index (χ0v) is 31.5. The van der Waals surface area contributed by atoms with Gasteiger partial charge in [0.25, 0.3) is 0 Å². The SMILES string of the molecule is C[Si](C)(C)c1ccc(-c2[c-]cccc2)nc1.[2H]C([2H])([2H])c1c(-c2ccccc2)ccc2oc3[c-]c(-c4cc(C([2H])([2H])C(C)(C)C)ccn4)ccc3c12.[Ir]. The Balaban J connectivity index is 0.000000267. The zero-order chi connectivity index (χ0) is 37.5. The summed E-state index contributed by atoms with van der Waals surface area (Å²) in [6.07, 6.45) is 2.06. The van der Waals surface area contributed by atoms with Gasteiger partial charge in [-0.05, 0) is 69.4 Å². The van der Waals surface area contributed by atoms with Crippen molar-refractivity contribution in [3.8, 4) is 33.6 Å². The molecule has 3 heterocycles. The standard InChI is InChI=1S/C29H26NO.C14H16NSi.Ir/c1-19-23(21-8-6-5-7-9-21)12-13-26-28(19)24-11-10-22(17-27(24)31-26)25-16-20(14-15-30-25)18-29(2,3)4;1-16(2,3)13-9-10-14(15-11-13)12-7-5-4-6-8-12;/h5-16H,18H2,1-4H3;4-7,9-11H,1-3H3;/q2*-1;/i1D3,18D2;;. The van der Waals surface area contributed by atoms with Crippen molar-refractivity contribution in [1.82, 2.24) is 9.97 Å². The summed E-state index contributed by atoms with van der Waals surface area (Å²) in [6, 6.07) is 38.9. The second-order valence-corrected chi connectivity index (χ2v) is 18.8. The van der Waals surface area contributed by atoms with Crippen LogP contribution in [0.15, 0.2) is 120 Å². The molecule has 0 spiro atoms. The minimum Gasteiger partial charge on any atom is -0.477 e. The molecule has 0 amide bonds. The molecular weight excluding hydrogens is 781 g/mol. The summed E-state index contributed by atoms with van der Waals surface area (Å²) in [5, 5.41) is 2.62. The minimum atomic E-state index is -2.35. The predicted molar refractivity (Wildman–Crippen MR) is 201 cm³/mol. The van der Waals surface area contributed by atoms with E-state index in [9.17, 15) is 0 Å². The number of hydrogen-bond donors (Lipinski definition) is 0. The van der Waals surface area contributed by atoms with Gasteiger partial charge in [-0.2, -0.15) is 0 Å². The van der Waals surface area contributed by atoms with Crippen LogP contribution in [0.3, 0.4) is 0 Å². The van der Waals surface area contributed by atoms with Crippen molar-refractivity contribution in [2.75, 3.05) is 0 Å². The Bertz CT molecular complexity index is 2330. The van der Waals surface area contributed by atoms with E-state index in [4.69, 9.17) is 11.3 Å². The maximum atomic E-state index is 8.61. The molecule has 0 saturated heterocycles. The largest absolute Gasteiger partial charge is 0.477 e. The summed E-state index contributed by atoms with van der Waals surface area (Å²) in [5.74, 6) is 0. The second-order valence-electron chi connectivity index (χ2n) is 13.7. The van der Waals surface area contributed by atoms with E-state index in [2.05, 4.69) is 53.9 Å². The van der Waals surface area contributed by atoms with Crippen LogP contribution >= 0.6 is 0 Å². The maximum Gasteiger partial charge on any atom is 0.124 e. The molecule has 0 fully saturated rings. The Labute approximate surface area is 306 Å². The van der Waals surface area contributed by atoms with Crippen molar-refractivity contribution in [1.29, 1.82) is 0 Å². The van der Waals surface area contributed by atoms with Crippen molar-refractivity contribution in [2.45, 2.75) is 53.6 Å². The quantitative estimate of drug-likeness (QED) is 0.128. The van der Waals surface area contributed by atoms with Crippen molar-refractivity contribution in [3.63, 3.8) is 0 Å². The maximum absolute atomic E-state index is 8.61. The normalized spacial score (nSPS) is 13.7. The number of rotatable bonds is 5. The number of aromatic nitrogens is 2. The molecule has 0 unspecified atom stereocenters. The molecule has 0 aliphatic heterocycles. The zero-order valence-electron chi connectivity index (χ0n) is 33.1. The summed E-state index contributed by atoms with van der Waals surface area (Å²) in [5.41, 5.74) is 5.87. The predicted octanol–water partition coefficient (Wildman–Crippen LogP) is 11.1. The molecule has 0 atom stereocenters. The third kappa shape index (κ3) is 8.10. The van der Waals surface area contributed by atoms with Gasteiger partial charge < -0.3 is 14.4 Å². The van der Waals surface area contributed by atoms with Gasteiger partial charge in [0.15, 0.2) is 0 Å². The Kier molecular flexibility index (Phi) is 8.73. The number of aryl methyl sites for hydroxylation is 1. The Morgan fingerprint density at radius 2 is 1.62 bits per heavy atom. The smallest absolute Gasteiger partial charge is 0.124 e. The molecule has 0 bridgehead atoms. The first-order valence-corrected chi connectivity index (χ1v) is 19.3. The van der Waals surface area contributed by atoms with Gasteiger partial charge in [0.1, 0.15) is 5.58 Å². The molecule has 3 nitrogen and oxygen atoms in total. The molecule has 7 rings (SSSR count). The number of fused-ring (bicyclic) bond motifs is 3. The Morgan fingerprint density at radius 1 is 0.833 bits per heavy atom. The number of nitrogens with zero attached hydrogens (tertiary/aromatic N) is 2. The van der Waals surface area contributed by atoms with Gasteiger partial charge in [0, 0.05) is 39.4 Å². The third-order valence-electron chi connectivity index (χ3n) is 7.81. The first-order valence-electron chi connectivity index (χ1n) is 18.3. The molecule has 0 N–H and O–H groups in total. The van der Waals surface area contributed by atoms with Crippen molar-refractivity contribution in [3.05, 3.63) is 139 Å². The first-order chi connectivity index (χ1) is 24.4. The molecular formula is C43H42IrN2OSi-2. The van der Waals surface area contributed by atoms with E-state index in [1.165, 1.54) is 5.19 Å². The van der Waals surface area contributed by atoms with Crippen LogP contribution in [0.4, 0.5) is 0 Å². The average Bonchev–Trinajstić information content (AvgIpc) is 3.49. The summed E-state index contributed by atoms with van der Waals surface area (Å²) >= 11 is 0. The van der Waals surface area contributed by atoms with Crippen LogP contribution in [0, 0.1) is 24.4 Å². The number of pyridine rings is 2. The van der Waals surface area contributed by atoms with E-state index in [0.717, 1.165) is 16.8 Å². The van der Waals surface area contributed by atoms with Gasteiger partial charge in [-0.1, -0.05) is 112 Å². The van der Waals surface area contributed by atoms with E-state index in [1.54, 1.807) is 30.5 Å². The van der Waals surface area contributed by atoms with E-state index in [-0.39, 0.29) is 25.7 Å². The van der Waals surface area contributed by atoms with Crippen LogP contribution in [-0.4, -0.2) is 18.0 Å². The second kappa shape index (κ2) is 14.5. The van der Waals surface area contributed by atoms with E-state index >= 15 is 0 Å². The van der Waals surface area contributed by atoms with Gasteiger partial charge in [0.05, 0.1) is 13.7 Å². The fraction of sp³-hybridized carbons (Fsp3) is 0.209. The van der Waals surface area contributed by atoms with Crippen LogP contribution in [0.5, 0.6) is 0 Å². The van der Waals surface area contributed by atoms with E-state index < -0.39 is 26.7 Å². The monoisotopic (exact) mass is 828 g/mol. The average molecular weight is 828 g/mol. The molecule has 5 heteroatoms. The summed E-state index contributed by atoms with van der Waals surface area (Å²) < 4.78 is 48.2. The van der Waals surface area contributed by atoms with Gasteiger partial charge in [-0.25, -0.2) is 0 Å². The van der Waals surface area contributed by atoms with Crippen molar-refractivity contribution in [2.24, 2.45) is 5.41 Å². The van der Waals surface area contributed by atoms with Crippen LogP contribution in [0.2, 0.25) is 19.6 Å². The number of benzene rings is 4. The van der Waals surface area contributed by atoms with Crippen LogP contribution in [0.1, 0.15) is 38.8 Å². The Morgan fingerprint density at radius 3 is 2.29 bits per heavy atom. The number of hydrogen-bond acceptors (Lipinski definition) is 3. The molecule has 1 radical (unpaired) electrons. The molecule has 7 aromatic rings. The molecule has 4 aromatic carbocycles. The Hall–Kier alpha value is -4.15. The van der Waals surface area contributed by atoms with Gasteiger partial charge in [-0.15, -0.1) is 53.6 Å². The number of furan rings is 1. The molecule has 0 saturated carbocycles. The van der Waals surface area contributed by atoms with E-state index in [1.807, 2.05) is 93.7 Å². The van der Waals surface area contributed by atoms with Crippen LogP contribution in [0.25, 0.3) is 55.6 Å². The third-order valence-corrected chi connectivity index (χ3v) is 9.84. The fourth-order valence-electron chi connectivity index (χ4n) is 5.44. The first kappa shape index (κ1) is 28.8. The van der Waals surface area contributed by atoms with Crippen molar-refractivity contribution < 1.29 is 31.4 Å². The molecule has 0 aliphatic carbocycles. The molecule has 245 valence electrons. The van der Waals surface area contributed by atoms with Crippen molar-refractivity contribution >= 4 is 35.2 Å². The van der Waals surface area contributed by atoms with E-state index in [0.29, 0.717) is 44.3 Å².